The van der Waals surface area contributed by atoms with E-state index in [0.29, 0.717) is 5.92 Å². The molecule has 0 spiro atoms. The standard InChI is InChI=1S/C13H18.C2H7N.C2H6/c1-10(2)12-8-7-11-5-3-4-6-13(11)9-12;1-3-2;1-2/h7-10H,3-6H2,1-2H3;3H,1-2H3;1-2H3. The highest BCUT2D eigenvalue weighted by Crippen LogP contribution is 2.25. The van der Waals surface area contributed by atoms with Crippen molar-refractivity contribution in [2.24, 2.45) is 0 Å². The zero-order chi connectivity index (χ0) is 14.0. The van der Waals surface area contributed by atoms with Gasteiger partial charge in [-0.2, -0.15) is 0 Å². The highest BCUT2D eigenvalue weighted by atomic mass is 14.7. The van der Waals surface area contributed by atoms with E-state index in [1.54, 1.807) is 11.1 Å². The van der Waals surface area contributed by atoms with Gasteiger partial charge in [-0.15, -0.1) is 0 Å². The quantitative estimate of drug-likeness (QED) is 0.770. The maximum absolute atomic E-state index is 2.75. The second kappa shape index (κ2) is 10.1. The lowest BCUT2D eigenvalue weighted by atomic mass is 9.88. The minimum Gasteiger partial charge on any atom is -0.323 e. The summed E-state index contributed by atoms with van der Waals surface area (Å²) >= 11 is 0. The van der Waals surface area contributed by atoms with Crippen molar-refractivity contribution in [2.45, 2.75) is 59.3 Å². The van der Waals surface area contributed by atoms with Gasteiger partial charge in [-0.1, -0.05) is 45.9 Å². The molecule has 1 aliphatic carbocycles. The Labute approximate surface area is 114 Å². The summed E-state index contributed by atoms with van der Waals surface area (Å²) in [6.07, 6.45) is 5.37. The van der Waals surface area contributed by atoms with E-state index >= 15 is 0 Å². The summed E-state index contributed by atoms with van der Waals surface area (Å²) in [5.74, 6) is 0.673. The molecule has 0 unspecified atom stereocenters. The fraction of sp³-hybridized carbons (Fsp3) is 0.647. The molecule has 1 N–H and O–H groups in total. The zero-order valence-electron chi connectivity index (χ0n) is 13.1. The van der Waals surface area contributed by atoms with E-state index in [4.69, 9.17) is 0 Å². The van der Waals surface area contributed by atoms with Crippen LogP contribution in [0.3, 0.4) is 0 Å². The van der Waals surface area contributed by atoms with E-state index in [9.17, 15) is 0 Å². The molecule has 1 aliphatic rings. The molecule has 0 saturated carbocycles. The average molecular weight is 249 g/mol. The fourth-order valence-corrected chi connectivity index (χ4v) is 2.11. The highest BCUT2D eigenvalue weighted by Gasteiger charge is 2.10. The summed E-state index contributed by atoms with van der Waals surface area (Å²) < 4.78 is 0. The lowest BCUT2D eigenvalue weighted by Gasteiger charge is -2.17. The Morgan fingerprint density at radius 3 is 1.94 bits per heavy atom. The van der Waals surface area contributed by atoms with Gasteiger partial charge >= 0.3 is 0 Å². The van der Waals surface area contributed by atoms with Gasteiger partial charge in [-0.25, -0.2) is 0 Å². The van der Waals surface area contributed by atoms with Crippen molar-refractivity contribution >= 4 is 0 Å². The van der Waals surface area contributed by atoms with E-state index in [-0.39, 0.29) is 0 Å². The number of fused-ring (bicyclic) bond motifs is 1. The van der Waals surface area contributed by atoms with Gasteiger partial charge in [0, 0.05) is 0 Å². The largest absolute Gasteiger partial charge is 0.323 e. The second-order valence-corrected chi connectivity index (χ2v) is 4.89. The number of nitrogens with one attached hydrogen (secondary N) is 1. The highest BCUT2D eigenvalue weighted by molar-refractivity contribution is 5.34. The Balaban J connectivity index is 0.000000509. The minimum absolute atomic E-state index is 0.673. The zero-order valence-corrected chi connectivity index (χ0v) is 13.1. The van der Waals surface area contributed by atoms with E-state index in [0.717, 1.165) is 0 Å². The van der Waals surface area contributed by atoms with Crippen LogP contribution in [0.15, 0.2) is 18.2 Å². The van der Waals surface area contributed by atoms with Gasteiger partial charge in [0.1, 0.15) is 0 Å². The summed E-state index contributed by atoms with van der Waals surface area (Å²) in [5, 5.41) is 2.75. The van der Waals surface area contributed by atoms with Crippen molar-refractivity contribution in [2.75, 3.05) is 14.1 Å². The Morgan fingerprint density at radius 1 is 0.944 bits per heavy atom. The molecular weight excluding hydrogens is 218 g/mol. The first kappa shape index (κ1) is 17.2. The summed E-state index contributed by atoms with van der Waals surface area (Å²) in [6, 6.07) is 7.05. The van der Waals surface area contributed by atoms with E-state index in [1.807, 2.05) is 27.9 Å². The molecule has 0 saturated heterocycles. The van der Waals surface area contributed by atoms with Gasteiger partial charge in [-0.05, 0) is 62.4 Å². The van der Waals surface area contributed by atoms with Crippen LogP contribution in [0, 0.1) is 0 Å². The molecule has 1 aromatic rings. The predicted molar refractivity (Wildman–Crippen MR) is 83.5 cm³/mol. The molecule has 0 heterocycles. The number of hydrogen-bond donors (Lipinski definition) is 1. The molecule has 104 valence electrons. The van der Waals surface area contributed by atoms with Crippen molar-refractivity contribution < 1.29 is 0 Å². The normalized spacial score (nSPS) is 12.8. The predicted octanol–water partition coefficient (Wildman–Crippen LogP) is 4.55. The number of benzene rings is 1. The van der Waals surface area contributed by atoms with Crippen LogP contribution in [0.4, 0.5) is 0 Å². The molecule has 2 rings (SSSR count). The lowest BCUT2D eigenvalue weighted by molar-refractivity contribution is 0.682. The van der Waals surface area contributed by atoms with Crippen LogP contribution >= 0.6 is 0 Å². The molecule has 1 aromatic carbocycles. The molecule has 0 amide bonds. The van der Waals surface area contributed by atoms with Gasteiger partial charge in [0.2, 0.25) is 0 Å². The summed E-state index contributed by atoms with van der Waals surface area (Å²) in [6.45, 7) is 8.54. The van der Waals surface area contributed by atoms with E-state index < -0.39 is 0 Å². The molecular formula is C17H31N. The number of aryl methyl sites for hydroxylation is 2. The molecule has 0 aromatic heterocycles. The Hall–Kier alpha value is -0.820. The van der Waals surface area contributed by atoms with Crippen LogP contribution in [-0.4, -0.2) is 14.1 Å². The number of hydrogen-bond acceptors (Lipinski definition) is 1. The molecule has 0 radical (unpaired) electrons. The third kappa shape index (κ3) is 5.68. The maximum atomic E-state index is 2.75. The fourth-order valence-electron chi connectivity index (χ4n) is 2.11. The number of rotatable bonds is 1. The van der Waals surface area contributed by atoms with E-state index in [1.165, 1.54) is 31.2 Å². The molecule has 0 aliphatic heterocycles. The average Bonchev–Trinajstić information content (AvgIpc) is 2.41. The topological polar surface area (TPSA) is 12.0 Å². The molecule has 0 fully saturated rings. The third-order valence-corrected chi connectivity index (χ3v) is 3.04. The second-order valence-electron chi connectivity index (χ2n) is 4.89. The minimum atomic E-state index is 0.673. The molecule has 1 heteroatoms. The molecule has 0 atom stereocenters. The van der Waals surface area contributed by atoms with Gasteiger partial charge in [0.25, 0.3) is 0 Å². The van der Waals surface area contributed by atoms with Crippen molar-refractivity contribution in [3.8, 4) is 0 Å². The van der Waals surface area contributed by atoms with Gasteiger partial charge in [0.05, 0.1) is 0 Å². The Bertz CT molecular complexity index is 315. The molecule has 18 heavy (non-hydrogen) atoms. The van der Waals surface area contributed by atoms with Crippen LogP contribution < -0.4 is 5.32 Å². The first-order valence-electron chi connectivity index (χ1n) is 7.39. The summed E-state index contributed by atoms with van der Waals surface area (Å²) in [5.41, 5.74) is 4.70. The Kier molecular flexibility index (Phi) is 9.67. The summed E-state index contributed by atoms with van der Waals surface area (Å²) in [4.78, 5) is 0. The van der Waals surface area contributed by atoms with Crippen molar-refractivity contribution in [3.63, 3.8) is 0 Å². The van der Waals surface area contributed by atoms with Crippen LogP contribution in [-0.2, 0) is 12.8 Å². The smallest absolute Gasteiger partial charge is 0.0167 e. The first-order valence-corrected chi connectivity index (χ1v) is 7.39. The Morgan fingerprint density at radius 2 is 1.44 bits per heavy atom. The van der Waals surface area contributed by atoms with Crippen molar-refractivity contribution in [1.29, 1.82) is 0 Å². The maximum Gasteiger partial charge on any atom is -0.0167 e. The van der Waals surface area contributed by atoms with Gasteiger partial charge in [-0.3, -0.25) is 0 Å². The van der Waals surface area contributed by atoms with Crippen molar-refractivity contribution in [1.82, 2.24) is 5.32 Å². The monoisotopic (exact) mass is 249 g/mol. The van der Waals surface area contributed by atoms with Crippen LogP contribution in [0.1, 0.15) is 63.1 Å². The third-order valence-electron chi connectivity index (χ3n) is 3.04. The lowest BCUT2D eigenvalue weighted by Crippen LogP contribution is -2.03. The van der Waals surface area contributed by atoms with Crippen LogP contribution in [0.2, 0.25) is 0 Å². The van der Waals surface area contributed by atoms with E-state index in [2.05, 4.69) is 37.4 Å². The summed E-state index contributed by atoms with van der Waals surface area (Å²) in [7, 11) is 3.75. The van der Waals surface area contributed by atoms with Crippen LogP contribution in [0.25, 0.3) is 0 Å². The van der Waals surface area contributed by atoms with Gasteiger partial charge in [0.15, 0.2) is 0 Å². The van der Waals surface area contributed by atoms with Crippen LogP contribution in [0.5, 0.6) is 0 Å². The SMILES string of the molecule is CC.CC(C)c1ccc2c(c1)CCCC2.CNC. The molecule has 1 nitrogen and oxygen atoms in total. The van der Waals surface area contributed by atoms with Gasteiger partial charge < -0.3 is 5.32 Å². The first-order chi connectivity index (χ1) is 8.69. The van der Waals surface area contributed by atoms with Crippen molar-refractivity contribution in [3.05, 3.63) is 34.9 Å². The molecule has 0 bridgehead atoms.